The number of carbonyl (C=O) groups excluding carboxylic acids is 1. The lowest BCUT2D eigenvalue weighted by Gasteiger charge is -2.04. The molecule has 64 valence electrons. The molecule has 0 spiro atoms. The van der Waals surface area contributed by atoms with Gasteiger partial charge >= 0.3 is 0 Å². The van der Waals surface area contributed by atoms with E-state index in [0.29, 0.717) is 22.3 Å². The molecule has 0 radical (unpaired) electrons. The third kappa shape index (κ3) is 1.50. The summed E-state index contributed by atoms with van der Waals surface area (Å²) in [5, 5.41) is 0. The molecular weight excluding hydrogens is 175 g/mol. The first-order chi connectivity index (χ1) is 5.70. The van der Waals surface area contributed by atoms with Crippen LogP contribution in [0, 0.1) is 12.7 Å². The van der Waals surface area contributed by atoms with E-state index in [1.807, 2.05) is 0 Å². The van der Waals surface area contributed by atoms with Crippen molar-refractivity contribution in [3.63, 3.8) is 0 Å². The summed E-state index contributed by atoms with van der Waals surface area (Å²) in [4.78, 5) is 10.9. The van der Waals surface area contributed by atoms with E-state index in [9.17, 15) is 9.18 Å². The number of carbonyl (C=O) groups is 1. The molecule has 0 unspecified atom stereocenters. The van der Waals surface area contributed by atoms with E-state index >= 15 is 0 Å². The zero-order valence-corrected chi connectivity index (χ0v) is 7.74. The molecule has 0 N–H and O–H groups in total. The Balaban J connectivity index is 3.35. The van der Waals surface area contributed by atoms with Crippen LogP contribution in [0.25, 0.3) is 0 Å². The fraction of sp³-hybridized carbons (Fsp3) is 0.222. The molecule has 1 nitrogen and oxygen atoms in total. The highest BCUT2D eigenvalue weighted by Crippen LogP contribution is 2.24. The van der Waals surface area contributed by atoms with Crippen LogP contribution < -0.4 is 0 Å². The van der Waals surface area contributed by atoms with Gasteiger partial charge in [-0.25, -0.2) is 4.39 Å². The quantitative estimate of drug-likeness (QED) is 0.519. The minimum absolute atomic E-state index is 0.285. The molecule has 0 fully saturated rings. The second-order valence-electron chi connectivity index (χ2n) is 2.44. The molecule has 0 atom stereocenters. The summed E-state index contributed by atoms with van der Waals surface area (Å²) in [6.45, 7) is 1.68. The minimum Gasteiger partial charge on any atom is -0.298 e. The lowest BCUT2D eigenvalue weighted by Crippen LogP contribution is -1.92. The fourth-order valence-corrected chi connectivity index (χ4v) is 1.66. The maximum Gasteiger partial charge on any atom is 0.151 e. The third-order valence-electron chi connectivity index (χ3n) is 1.65. The summed E-state index contributed by atoms with van der Waals surface area (Å²) in [6.07, 6.45) is 2.43. The van der Waals surface area contributed by atoms with E-state index in [4.69, 9.17) is 0 Å². The van der Waals surface area contributed by atoms with Gasteiger partial charge in [-0.05, 0) is 18.7 Å². The van der Waals surface area contributed by atoms with Crippen LogP contribution in [0.4, 0.5) is 4.39 Å². The van der Waals surface area contributed by atoms with Crippen molar-refractivity contribution in [3.05, 3.63) is 29.1 Å². The standard InChI is InChI=1S/C9H9FOS/c1-6-3-4-7(5-11)9(12-2)8(6)10/h3-5H,1-2H3. The van der Waals surface area contributed by atoms with Gasteiger partial charge in [-0.1, -0.05) is 12.1 Å². The molecule has 0 heterocycles. The first-order valence-corrected chi connectivity index (χ1v) is 4.71. The highest BCUT2D eigenvalue weighted by atomic mass is 32.2. The lowest BCUT2D eigenvalue weighted by atomic mass is 10.1. The number of rotatable bonds is 2. The van der Waals surface area contributed by atoms with Crippen LogP contribution in [-0.4, -0.2) is 12.5 Å². The molecule has 1 rings (SSSR count). The number of hydrogen-bond donors (Lipinski definition) is 0. The highest BCUT2D eigenvalue weighted by Gasteiger charge is 2.08. The first kappa shape index (κ1) is 9.26. The SMILES string of the molecule is CSc1c(C=O)ccc(C)c1F. The van der Waals surface area contributed by atoms with Crippen LogP contribution in [0.5, 0.6) is 0 Å². The van der Waals surface area contributed by atoms with E-state index in [0.717, 1.165) is 0 Å². The van der Waals surface area contributed by atoms with Crippen LogP contribution in [0.3, 0.4) is 0 Å². The largest absolute Gasteiger partial charge is 0.298 e. The summed E-state index contributed by atoms with van der Waals surface area (Å²) in [7, 11) is 0. The van der Waals surface area contributed by atoms with Crippen molar-refractivity contribution in [2.45, 2.75) is 11.8 Å². The van der Waals surface area contributed by atoms with Gasteiger partial charge in [-0.3, -0.25) is 4.79 Å². The molecule has 1 aromatic rings. The molecule has 0 aliphatic rings. The Morgan fingerprint density at radius 1 is 1.50 bits per heavy atom. The van der Waals surface area contributed by atoms with Crippen LogP contribution in [-0.2, 0) is 0 Å². The van der Waals surface area contributed by atoms with Gasteiger partial charge in [0.05, 0.1) is 4.90 Å². The van der Waals surface area contributed by atoms with Crippen molar-refractivity contribution in [3.8, 4) is 0 Å². The van der Waals surface area contributed by atoms with Crippen LogP contribution in [0.1, 0.15) is 15.9 Å². The van der Waals surface area contributed by atoms with E-state index in [1.54, 1.807) is 25.3 Å². The summed E-state index contributed by atoms with van der Waals surface area (Å²) in [6, 6.07) is 3.25. The normalized spacial score (nSPS) is 9.92. The summed E-state index contributed by atoms with van der Waals surface area (Å²) < 4.78 is 13.3. The van der Waals surface area contributed by atoms with Crippen molar-refractivity contribution >= 4 is 18.0 Å². The number of halogens is 1. The minimum atomic E-state index is -0.285. The molecule has 0 aromatic heterocycles. The van der Waals surface area contributed by atoms with Gasteiger partial charge in [-0.2, -0.15) is 0 Å². The Morgan fingerprint density at radius 3 is 2.67 bits per heavy atom. The molecule has 0 bridgehead atoms. The number of benzene rings is 1. The van der Waals surface area contributed by atoms with Gasteiger partial charge in [0.1, 0.15) is 5.82 Å². The smallest absolute Gasteiger partial charge is 0.151 e. The van der Waals surface area contributed by atoms with Gasteiger partial charge in [0.2, 0.25) is 0 Å². The van der Waals surface area contributed by atoms with Crippen molar-refractivity contribution in [2.75, 3.05) is 6.26 Å². The topological polar surface area (TPSA) is 17.1 Å². The zero-order chi connectivity index (χ0) is 9.14. The lowest BCUT2D eigenvalue weighted by molar-refractivity contribution is 0.112. The summed E-state index contributed by atoms with van der Waals surface area (Å²) in [5.74, 6) is -0.285. The molecule has 12 heavy (non-hydrogen) atoms. The van der Waals surface area contributed by atoms with Gasteiger partial charge in [0.25, 0.3) is 0 Å². The Morgan fingerprint density at radius 2 is 2.17 bits per heavy atom. The molecular formula is C9H9FOS. The maximum absolute atomic E-state index is 13.3. The van der Waals surface area contributed by atoms with Crippen LogP contribution >= 0.6 is 11.8 Å². The molecule has 0 saturated carbocycles. The number of hydrogen-bond acceptors (Lipinski definition) is 2. The molecule has 0 aliphatic carbocycles. The van der Waals surface area contributed by atoms with Crippen LogP contribution in [0.2, 0.25) is 0 Å². The molecule has 0 saturated heterocycles. The second kappa shape index (κ2) is 3.72. The predicted octanol–water partition coefficient (Wildman–Crippen LogP) is 2.67. The summed E-state index contributed by atoms with van der Waals surface area (Å²) in [5.41, 5.74) is 0.996. The van der Waals surface area contributed by atoms with E-state index in [2.05, 4.69) is 0 Å². The van der Waals surface area contributed by atoms with Crippen molar-refractivity contribution in [1.82, 2.24) is 0 Å². The van der Waals surface area contributed by atoms with Crippen LogP contribution in [0.15, 0.2) is 17.0 Å². The number of aryl methyl sites for hydroxylation is 1. The van der Waals surface area contributed by atoms with Gasteiger partial charge < -0.3 is 0 Å². The summed E-state index contributed by atoms with van der Waals surface area (Å²) >= 11 is 1.25. The number of aldehydes is 1. The van der Waals surface area contributed by atoms with E-state index < -0.39 is 0 Å². The Kier molecular flexibility index (Phi) is 2.87. The Hall–Kier alpha value is -0.830. The molecule has 0 amide bonds. The number of thioether (sulfide) groups is 1. The van der Waals surface area contributed by atoms with E-state index in [1.165, 1.54) is 11.8 Å². The Bertz CT molecular complexity index is 310. The van der Waals surface area contributed by atoms with Gasteiger partial charge in [0.15, 0.2) is 6.29 Å². The van der Waals surface area contributed by atoms with E-state index in [-0.39, 0.29) is 5.82 Å². The van der Waals surface area contributed by atoms with Gasteiger partial charge in [-0.15, -0.1) is 11.8 Å². The molecule has 0 aliphatic heterocycles. The van der Waals surface area contributed by atoms with Crippen molar-refractivity contribution < 1.29 is 9.18 Å². The average Bonchev–Trinajstić information content (AvgIpc) is 2.09. The maximum atomic E-state index is 13.3. The highest BCUT2D eigenvalue weighted by molar-refractivity contribution is 7.98. The average molecular weight is 184 g/mol. The molecule has 1 aromatic carbocycles. The second-order valence-corrected chi connectivity index (χ2v) is 3.25. The van der Waals surface area contributed by atoms with Crippen molar-refractivity contribution in [1.29, 1.82) is 0 Å². The first-order valence-electron chi connectivity index (χ1n) is 3.49. The molecule has 3 heteroatoms. The van der Waals surface area contributed by atoms with Gasteiger partial charge in [0, 0.05) is 5.56 Å². The third-order valence-corrected chi connectivity index (χ3v) is 2.47. The monoisotopic (exact) mass is 184 g/mol. The fourth-order valence-electron chi connectivity index (χ4n) is 0.970. The predicted molar refractivity (Wildman–Crippen MR) is 48.3 cm³/mol. The Labute approximate surface area is 75.0 Å². The zero-order valence-electron chi connectivity index (χ0n) is 6.93. The van der Waals surface area contributed by atoms with Crippen molar-refractivity contribution in [2.24, 2.45) is 0 Å².